The van der Waals surface area contributed by atoms with Crippen molar-refractivity contribution in [2.24, 2.45) is 0 Å². The Kier molecular flexibility index (Phi) is 7.25. The van der Waals surface area contributed by atoms with Gasteiger partial charge in [0, 0.05) is 29.9 Å². The first-order valence-electron chi connectivity index (χ1n) is 12.2. The fraction of sp³-hybridized carbons (Fsp3) is 0.400. The number of sulfonamides is 1. The topological polar surface area (TPSA) is 131 Å². The second kappa shape index (κ2) is 10.5. The molecule has 4 heterocycles. The van der Waals surface area contributed by atoms with Gasteiger partial charge in [-0.15, -0.1) is 11.3 Å². The molecule has 2 atom stereocenters. The molecule has 2 N–H and O–H groups in total. The highest BCUT2D eigenvalue weighted by Crippen LogP contribution is 2.39. The summed E-state index contributed by atoms with van der Waals surface area (Å²) < 4.78 is 54.1. The molecular formula is C25H27FN4O6S2. The van der Waals surface area contributed by atoms with E-state index < -0.39 is 33.8 Å². The van der Waals surface area contributed by atoms with E-state index in [2.05, 4.69) is 15.8 Å². The molecule has 0 saturated carbocycles. The molecule has 13 heteroatoms. The summed E-state index contributed by atoms with van der Waals surface area (Å²) in [4.78, 5) is 26.4. The summed E-state index contributed by atoms with van der Waals surface area (Å²) >= 11 is 1.10. The van der Waals surface area contributed by atoms with Gasteiger partial charge in [0.15, 0.2) is 0 Å². The molecule has 0 aliphatic carbocycles. The number of nitrogens with zero attached hydrogens (tertiary/aromatic N) is 2. The Bertz CT molecular complexity index is 1470. The van der Waals surface area contributed by atoms with E-state index in [1.165, 1.54) is 16.4 Å². The summed E-state index contributed by atoms with van der Waals surface area (Å²) in [5.41, 5.74) is 1.41. The third kappa shape index (κ3) is 5.05. The Morgan fingerprint density at radius 3 is 2.66 bits per heavy atom. The molecule has 2 amide bonds. The predicted molar refractivity (Wildman–Crippen MR) is 137 cm³/mol. The van der Waals surface area contributed by atoms with Crippen molar-refractivity contribution in [3.63, 3.8) is 0 Å². The number of aromatic nitrogens is 1. The number of nitrogens with one attached hydrogen (secondary N) is 2. The quantitative estimate of drug-likeness (QED) is 0.502. The number of carbonyl (C=O) groups excluding carboxylic acids is 2. The van der Waals surface area contributed by atoms with Crippen LogP contribution >= 0.6 is 11.3 Å². The molecule has 38 heavy (non-hydrogen) atoms. The number of ether oxygens (including phenoxy) is 1. The van der Waals surface area contributed by atoms with E-state index in [9.17, 15) is 22.4 Å². The lowest BCUT2D eigenvalue weighted by atomic mass is 10.1. The molecule has 0 radical (unpaired) electrons. The van der Waals surface area contributed by atoms with Crippen LogP contribution in [0.25, 0.3) is 10.4 Å². The fourth-order valence-electron chi connectivity index (χ4n) is 4.99. The van der Waals surface area contributed by atoms with Crippen LogP contribution < -0.4 is 15.4 Å². The number of hydrogen-bond acceptors (Lipinski definition) is 8. The molecule has 2 aromatic heterocycles. The number of carbonyl (C=O) groups is 2. The van der Waals surface area contributed by atoms with Crippen molar-refractivity contribution in [3.8, 4) is 16.2 Å². The van der Waals surface area contributed by atoms with E-state index in [0.717, 1.165) is 23.0 Å². The standard InChI is InChI=1S/C25H27FN4O6S2/c1-14-24(15(2)36-29-14)21-7-8-23(37-21)38(33,34)30-17-4-5-18(30)13-28-25(32)19-11-16(26)3-6-20(19)35-10-9-27-22(31)12-17/h3,6-8,11,17-18H,4-5,9-10,12-13H2,1-2H3,(H,27,31)(H,28,32)/t17-,18+/m0/s1. The van der Waals surface area contributed by atoms with Crippen molar-refractivity contribution in [1.82, 2.24) is 20.1 Å². The summed E-state index contributed by atoms with van der Waals surface area (Å²) in [7, 11) is -4.02. The highest BCUT2D eigenvalue weighted by molar-refractivity contribution is 7.91. The van der Waals surface area contributed by atoms with Crippen LogP contribution in [0.15, 0.2) is 39.1 Å². The first-order chi connectivity index (χ1) is 18.1. The summed E-state index contributed by atoms with van der Waals surface area (Å²) in [6.45, 7) is 3.76. The Labute approximate surface area is 223 Å². The lowest BCUT2D eigenvalue weighted by molar-refractivity contribution is -0.121. The Hall–Kier alpha value is -3.29. The molecule has 2 aliphatic rings. The minimum absolute atomic E-state index is 0.000278. The van der Waals surface area contributed by atoms with E-state index in [4.69, 9.17) is 9.26 Å². The van der Waals surface area contributed by atoms with Gasteiger partial charge in [-0.1, -0.05) is 5.16 Å². The zero-order chi connectivity index (χ0) is 27.0. The number of halogens is 1. The second-order valence-electron chi connectivity index (χ2n) is 9.29. The van der Waals surface area contributed by atoms with Crippen LogP contribution in [0.2, 0.25) is 0 Å². The highest BCUT2D eigenvalue weighted by Gasteiger charge is 2.44. The van der Waals surface area contributed by atoms with Crippen LogP contribution in [0, 0.1) is 19.7 Å². The van der Waals surface area contributed by atoms with Gasteiger partial charge in [-0.3, -0.25) is 9.59 Å². The smallest absolute Gasteiger partial charge is 0.255 e. The van der Waals surface area contributed by atoms with Crippen molar-refractivity contribution < 1.29 is 31.7 Å². The van der Waals surface area contributed by atoms with Crippen LogP contribution in [0.4, 0.5) is 4.39 Å². The van der Waals surface area contributed by atoms with Gasteiger partial charge >= 0.3 is 0 Å². The average molecular weight is 563 g/mol. The molecule has 3 aromatic rings. The van der Waals surface area contributed by atoms with Crippen molar-refractivity contribution in [1.29, 1.82) is 0 Å². The van der Waals surface area contributed by atoms with Crippen molar-refractivity contribution in [2.75, 3.05) is 19.7 Å². The molecule has 1 fully saturated rings. The van der Waals surface area contributed by atoms with Crippen LogP contribution in [0.3, 0.4) is 0 Å². The first kappa shape index (κ1) is 26.3. The van der Waals surface area contributed by atoms with Gasteiger partial charge in [0.05, 0.1) is 23.4 Å². The molecule has 1 saturated heterocycles. The van der Waals surface area contributed by atoms with Gasteiger partial charge in [0.25, 0.3) is 15.9 Å². The van der Waals surface area contributed by atoms with E-state index in [-0.39, 0.29) is 47.5 Å². The maximum Gasteiger partial charge on any atom is 0.255 e. The largest absolute Gasteiger partial charge is 0.491 e. The molecule has 10 nitrogen and oxygen atoms in total. The van der Waals surface area contributed by atoms with E-state index >= 15 is 0 Å². The summed E-state index contributed by atoms with van der Waals surface area (Å²) in [5, 5.41) is 9.44. The van der Waals surface area contributed by atoms with Gasteiger partial charge in [-0.25, -0.2) is 12.8 Å². The zero-order valence-electron chi connectivity index (χ0n) is 20.8. The van der Waals surface area contributed by atoms with Crippen LogP contribution in [0.1, 0.15) is 41.1 Å². The number of hydrogen-bond donors (Lipinski definition) is 2. The number of amides is 2. The number of thiophene rings is 1. The minimum Gasteiger partial charge on any atom is -0.491 e. The molecule has 0 unspecified atom stereocenters. The zero-order valence-corrected chi connectivity index (χ0v) is 22.5. The number of fused-ring (bicyclic) bond motifs is 3. The van der Waals surface area contributed by atoms with E-state index in [1.54, 1.807) is 26.0 Å². The predicted octanol–water partition coefficient (Wildman–Crippen LogP) is 3.01. The molecule has 202 valence electrons. The summed E-state index contributed by atoms with van der Waals surface area (Å²) in [6.07, 6.45) is 0.886. The minimum atomic E-state index is -4.02. The van der Waals surface area contributed by atoms with Crippen molar-refractivity contribution in [2.45, 2.75) is 49.4 Å². The van der Waals surface area contributed by atoms with E-state index in [1.807, 2.05) is 0 Å². The third-order valence-electron chi connectivity index (χ3n) is 6.73. The van der Waals surface area contributed by atoms with Crippen molar-refractivity contribution >= 4 is 33.2 Å². The van der Waals surface area contributed by atoms with Gasteiger partial charge in [-0.05, 0) is 57.0 Å². The van der Waals surface area contributed by atoms with Crippen molar-refractivity contribution in [3.05, 3.63) is 53.2 Å². The molecule has 1 aromatic carbocycles. The molecule has 2 aliphatic heterocycles. The Morgan fingerprint density at radius 1 is 1.11 bits per heavy atom. The van der Waals surface area contributed by atoms with Crippen LogP contribution in [-0.2, 0) is 14.8 Å². The van der Waals surface area contributed by atoms with E-state index in [0.29, 0.717) is 29.2 Å². The van der Waals surface area contributed by atoms with Gasteiger partial charge < -0.3 is 19.9 Å². The maximum absolute atomic E-state index is 14.0. The summed E-state index contributed by atoms with van der Waals surface area (Å²) in [5.74, 6) is -0.712. The second-order valence-corrected chi connectivity index (χ2v) is 12.4. The average Bonchev–Trinajstić information content (AvgIpc) is 3.60. The number of benzene rings is 1. The van der Waals surface area contributed by atoms with Crippen LogP contribution in [0.5, 0.6) is 5.75 Å². The highest BCUT2D eigenvalue weighted by atomic mass is 32.2. The number of rotatable bonds is 3. The Morgan fingerprint density at radius 2 is 1.89 bits per heavy atom. The SMILES string of the molecule is Cc1noc(C)c1-c1ccc(S(=O)(=O)N2[C@@H]3CC[C@H]2CC(=O)NCCOc2ccc(F)cc2C(=O)NC3)s1. The van der Waals surface area contributed by atoms with Gasteiger partial charge in [-0.2, -0.15) is 4.31 Å². The summed E-state index contributed by atoms with van der Waals surface area (Å²) in [6, 6.07) is 5.70. The molecule has 5 rings (SSSR count). The fourth-order valence-corrected chi connectivity index (χ4v) is 8.42. The Balaban J connectivity index is 1.47. The third-order valence-corrected chi connectivity index (χ3v) is 10.3. The molecule has 0 spiro atoms. The molecular weight excluding hydrogens is 535 g/mol. The lowest BCUT2D eigenvalue weighted by Gasteiger charge is -2.29. The molecule has 2 bridgehead atoms. The normalized spacial score (nSPS) is 21.2. The monoisotopic (exact) mass is 562 g/mol. The van der Waals surface area contributed by atoms with Crippen LogP contribution in [-0.4, -0.2) is 61.5 Å². The number of aryl methyl sites for hydroxylation is 2. The first-order valence-corrected chi connectivity index (χ1v) is 14.4. The maximum atomic E-state index is 14.0. The lowest BCUT2D eigenvalue weighted by Crippen LogP contribution is -2.47. The van der Waals surface area contributed by atoms with Gasteiger partial charge in [0.1, 0.15) is 28.1 Å². The van der Waals surface area contributed by atoms with Gasteiger partial charge in [0.2, 0.25) is 5.91 Å².